The largest absolute Gasteiger partial charge is 0.387 e. The Bertz CT molecular complexity index is 741. The number of nitro benzene ring substituents is 1. The van der Waals surface area contributed by atoms with Crippen molar-refractivity contribution >= 4 is 17.3 Å². The summed E-state index contributed by atoms with van der Waals surface area (Å²) in [5.74, 6) is 0.778. The second kappa shape index (κ2) is 7.58. The van der Waals surface area contributed by atoms with Crippen molar-refractivity contribution in [3.8, 4) is 0 Å². The summed E-state index contributed by atoms with van der Waals surface area (Å²) in [6.07, 6.45) is 3.64. The third-order valence-corrected chi connectivity index (χ3v) is 3.77. The first-order valence-corrected chi connectivity index (χ1v) is 7.64. The highest BCUT2D eigenvalue weighted by atomic mass is 16.6. The Morgan fingerprint density at radius 2 is 2.21 bits per heavy atom. The van der Waals surface area contributed by atoms with Gasteiger partial charge in [0, 0.05) is 50.4 Å². The molecule has 0 spiro atoms. The van der Waals surface area contributed by atoms with Crippen molar-refractivity contribution in [3.63, 3.8) is 0 Å². The molecule has 0 aliphatic carbocycles. The minimum atomic E-state index is -0.513. The van der Waals surface area contributed by atoms with Crippen LogP contribution >= 0.6 is 0 Å². The smallest absolute Gasteiger partial charge is 0.270 e. The normalized spacial score (nSPS) is 11.8. The molecule has 1 atom stereocenters. The third kappa shape index (κ3) is 4.09. The maximum atomic E-state index is 12.4. The Balaban J connectivity index is 2.02. The SMILES string of the molecule is CNc1ccc([N+](=O)[O-])cc1C(=O)NC[C@@H](C)Cn1ccnc1C. The number of imidazole rings is 1. The average Bonchev–Trinajstić information content (AvgIpc) is 2.96. The molecule has 1 aromatic carbocycles. The third-order valence-electron chi connectivity index (χ3n) is 3.77. The molecule has 24 heavy (non-hydrogen) atoms. The van der Waals surface area contributed by atoms with E-state index in [1.807, 2.05) is 24.6 Å². The topological polar surface area (TPSA) is 102 Å². The molecule has 2 aromatic rings. The van der Waals surface area contributed by atoms with Crippen LogP contribution in [0.3, 0.4) is 0 Å². The molecule has 2 rings (SSSR count). The lowest BCUT2D eigenvalue weighted by Crippen LogP contribution is -2.30. The van der Waals surface area contributed by atoms with Gasteiger partial charge in [-0.1, -0.05) is 6.92 Å². The molecule has 0 saturated carbocycles. The van der Waals surface area contributed by atoms with E-state index in [-0.39, 0.29) is 23.1 Å². The Morgan fingerprint density at radius 1 is 1.46 bits per heavy atom. The number of carbonyl (C=O) groups is 1. The molecule has 8 heteroatoms. The minimum absolute atomic E-state index is 0.110. The van der Waals surface area contributed by atoms with Gasteiger partial charge in [-0.3, -0.25) is 14.9 Å². The van der Waals surface area contributed by atoms with Crippen molar-refractivity contribution in [1.82, 2.24) is 14.9 Å². The lowest BCUT2D eigenvalue weighted by atomic mass is 10.1. The number of hydrogen-bond acceptors (Lipinski definition) is 5. The number of amides is 1. The van der Waals surface area contributed by atoms with Crippen LogP contribution in [0.25, 0.3) is 0 Å². The van der Waals surface area contributed by atoms with Gasteiger partial charge >= 0.3 is 0 Å². The van der Waals surface area contributed by atoms with E-state index in [0.29, 0.717) is 12.2 Å². The van der Waals surface area contributed by atoms with Crippen LogP contribution in [-0.4, -0.2) is 34.0 Å². The van der Waals surface area contributed by atoms with Crippen molar-refractivity contribution in [2.75, 3.05) is 18.9 Å². The van der Waals surface area contributed by atoms with E-state index in [1.54, 1.807) is 13.2 Å². The Hall–Kier alpha value is -2.90. The lowest BCUT2D eigenvalue weighted by Gasteiger charge is -2.15. The monoisotopic (exact) mass is 331 g/mol. The molecule has 1 amide bonds. The number of nitrogens with one attached hydrogen (secondary N) is 2. The molecule has 0 unspecified atom stereocenters. The number of benzene rings is 1. The van der Waals surface area contributed by atoms with Gasteiger partial charge in [0.15, 0.2) is 0 Å². The van der Waals surface area contributed by atoms with Crippen LogP contribution in [0.5, 0.6) is 0 Å². The first kappa shape index (κ1) is 17.5. The second-order valence-electron chi connectivity index (χ2n) is 5.68. The summed E-state index contributed by atoms with van der Waals surface area (Å²) in [5.41, 5.74) is 0.704. The van der Waals surface area contributed by atoms with E-state index in [9.17, 15) is 14.9 Å². The minimum Gasteiger partial charge on any atom is -0.387 e. The average molecular weight is 331 g/mol. The van der Waals surface area contributed by atoms with Crippen molar-refractivity contribution in [3.05, 3.63) is 52.1 Å². The summed E-state index contributed by atoms with van der Waals surface area (Å²) >= 11 is 0. The number of nitro groups is 1. The molecule has 1 aromatic heterocycles. The van der Waals surface area contributed by atoms with Crippen LogP contribution in [0.15, 0.2) is 30.6 Å². The molecule has 0 aliphatic heterocycles. The maximum Gasteiger partial charge on any atom is 0.270 e. The van der Waals surface area contributed by atoms with Crippen LogP contribution in [-0.2, 0) is 6.54 Å². The first-order valence-electron chi connectivity index (χ1n) is 7.64. The van der Waals surface area contributed by atoms with Gasteiger partial charge in [0.25, 0.3) is 11.6 Å². The quantitative estimate of drug-likeness (QED) is 0.598. The summed E-state index contributed by atoms with van der Waals surface area (Å²) in [6, 6.07) is 4.18. The van der Waals surface area contributed by atoms with Crippen molar-refractivity contribution in [2.45, 2.75) is 20.4 Å². The molecule has 0 saturated heterocycles. The predicted molar refractivity (Wildman–Crippen MR) is 91.1 cm³/mol. The van der Waals surface area contributed by atoms with Crippen LogP contribution in [0, 0.1) is 23.0 Å². The number of aromatic nitrogens is 2. The number of non-ortho nitro benzene ring substituents is 1. The van der Waals surface area contributed by atoms with Gasteiger partial charge in [-0.15, -0.1) is 0 Å². The molecule has 8 nitrogen and oxygen atoms in total. The number of anilines is 1. The standard InChI is InChI=1S/C16H21N5O3/c1-11(10-20-7-6-18-12(20)2)9-19-16(22)14-8-13(21(23)24)4-5-15(14)17-3/h4-8,11,17H,9-10H2,1-3H3,(H,19,22)/t11-/m1/s1. The summed E-state index contributed by atoms with van der Waals surface area (Å²) < 4.78 is 2.02. The highest BCUT2D eigenvalue weighted by Crippen LogP contribution is 2.21. The lowest BCUT2D eigenvalue weighted by molar-refractivity contribution is -0.384. The van der Waals surface area contributed by atoms with Gasteiger partial charge in [-0.05, 0) is 18.9 Å². The van der Waals surface area contributed by atoms with Gasteiger partial charge in [0.2, 0.25) is 0 Å². The molecular formula is C16H21N5O3. The van der Waals surface area contributed by atoms with Gasteiger partial charge < -0.3 is 15.2 Å². The predicted octanol–water partition coefficient (Wildman–Crippen LogP) is 2.21. The van der Waals surface area contributed by atoms with E-state index in [0.717, 1.165) is 12.4 Å². The van der Waals surface area contributed by atoms with Crippen LogP contribution in [0.2, 0.25) is 0 Å². The zero-order valence-electron chi connectivity index (χ0n) is 13.9. The van der Waals surface area contributed by atoms with Crippen LogP contribution < -0.4 is 10.6 Å². The number of hydrogen-bond donors (Lipinski definition) is 2. The van der Waals surface area contributed by atoms with Crippen molar-refractivity contribution in [2.24, 2.45) is 5.92 Å². The zero-order chi connectivity index (χ0) is 17.7. The molecule has 0 aliphatic rings. The van der Waals surface area contributed by atoms with Crippen LogP contribution in [0.4, 0.5) is 11.4 Å². The molecule has 2 N–H and O–H groups in total. The maximum absolute atomic E-state index is 12.4. The van der Waals surface area contributed by atoms with Gasteiger partial charge in [0.05, 0.1) is 10.5 Å². The Labute approximate surface area is 140 Å². The van der Waals surface area contributed by atoms with E-state index in [1.165, 1.54) is 18.2 Å². The first-order chi connectivity index (χ1) is 11.4. The molecular weight excluding hydrogens is 310 g/mol. The second-order valence-corrected chi connectivity index (χ2v) is 5.68. The number of rotatable bonds is 7. The zero-order valence-corrected chi connectivity index (χ0v) is 13.9. The summed E-state index contributed by atoms with van der Waals surface area (Å²) in [5, 5.41) is 16.6. The number of aryl methyl sites for hydroxylation is 1. The summed E-state index contributed by atoms with van der Waals surface area (Å²) in [6.45, 7) is 5.14. The van der Waals surface area contributed by atoms with Gasteiger partial charge in [-0.25, -0.2) is 4.98 Å². The van der Waals surface area contributed by atoms with E-state index < -0.39 is 4.92 Å². The fourth-order valence-corrected chi connectivity index (χ4v) is 2.41. The highest BCUT2D eigenvalue weighted by Gasteiger charge is 2.17. The van der Waals surface area contributed by atoms with Crippen molar-refractivity contribution < 1.29 is 9.72 Å². The van der Waals surface area contributed by atoms with Crippen LogP contribution in [0.1, 0.15) is 23.1 Å². The molecule has 128 valence electrons. The molecule has 0 fully saturated rings. The molecule has 0 radical (unpaired) electrons. The molecule has 0 bridgehead atoms. The Morgan fingerprint density at radius 3 is 2.79 bits per heavy atom. The van der Waals surface area contributed by atoms with E-state index >= 15 is 0 Å². The highest BCUT2D eigenvalue weighted by molar-refractivity contribution is 6.00. The number of nitrogens with zero attached hydrogens (tertiary/aromatic N) is 3. The summed E-state index contributed by atoms with van der Waals surface area (Å²) in [7, 11) is 1.67. The van der Waals surface area contributed by atoms with Crippen molar-refractivity contribution in [1.29, 1.82) is 0 Å². The van der Waals surface area contributed by atoms with E-state index in [2.05, 4.69) is 15.6 Å². The van der Waals surface area contributed by atoms with E-state index in [4.69, 9.17) is 0 Å². The molecule has 1 heterocycles. The van der Waals surface area contributed by atoms with Gasteiger partial charge in [0.1, 0.15) is 5.82 Å². The van der Waals surface area contributed by atoms with Gasteiger partial charge in [-0.2, -0.15) is 0 Å². The summed E-state index contributed by atoms with van der Waals surface area (Å²) in [4.78, 5) is 26.9. The fraction of sp³-hybridized carbons (Fsp3) is 0.375. The Kier molecular flexibility index (Phi) is 5.51. The fourth-order valence-electron chi connectivity index (χ4n) is 2.41. The number of carbonyl (C=O) groups excluding carboxylic acids is 1.